The molecular weight excluding hydrogens is 414 g/mol. The minimum atomic E-state index is -3.71. The molecule has 1 aromatic carbocycles. The van der Waals surface area contributed by atoms with Crippen molar-refractivity contribution in [3.63, 3.8) is 0 Å². The van der Waals surface area contributed by atoms with Gasteiger partial charge in [-0.15, -0.1) is 16.8 Å². The number of nitrogens with one attached hydrogen (secondary N) is 1. The molecule has 2 aliphatic heterocycles. The summed E-state index contributed by atoms with van der Waals surface area (Å²) in [5, 5.41) is 3.31. The second kappa shape index (κ2) is 8.48. The van der Waals surface area contributed by atoms with E-state index in [4.69, 9.17) is 0 Å². The predicted octanol–water partition coefficient (Wildman–Crippen LogP) is 1.06. The zero-order valence-corrected chi connectivity index (χ0v) is 17.5. The molecule has 0 spiro atoms. The Hall–Kier alpha value is -2.49. The molecule has 0 saturated carbocycles. The maximum absolute atomic E-state index is 13.1. The van der Waals surface area contributed by atoms with Crippen molar-refractivity contribution in [1.29, 1.82) is 0 Å². The molecule has 2 aliphatic rings. The molecule has 0 radical (unpaired) electrons. The van der Waals surface area contributed by atoms with Gasteiger partial charge in [0.1, 0.15) is 4.90 Å². The van der Waals surface area contributed by atoms with Crippen LogP contribution in [-0.2, 0) is 14.8 Å². The second-order valence-electron chi connectivity index (χ2n) is 6.84. The monoisotopic (exact) mass is 435 g/mol. The summed E-state index contributed by atoms with van der Waals surface area (Å²) in [6.07, 6.45) is 3.47. The first-order valence-corrected chi connectivity index (χ1v) is 10.5. The number of piperazine rings is 1. The lowest BCUT2D eigenvalue weighted by Crippen LogP contribution is -2.51. The van der Waals surface area contributed by atoms with Gasteiger partial charge in [0.2, 0.25) is 5.91 Å². The molecule has 1 aromatic heterocycles. The molecule has 0 bridgehead atoms. The van der Waals surface area contributed by atoms with Gasteiger partial charge in [0.05, 0.1) is 12.6 Å². The standard InChI is InChI=1S/C19H21N5O3S.ClH/c1-23(19-15-6-2-3-7-17(15)28(26,27)22-19)13-18(25)24-10-9-21-12-16(24)14-5-4-8-20-11-14;/h2-8,11,16,21H,9-10,12-13H2,1H3;1H. The van der Waals surface area contributed by atoms with E-state index in [-0.39, 0.29) is 35.8 Å². The average Bonchev–Trinajstić information content (AvgIpc) is 3.00. The summed E-state index contributed by atoms with van der Waals surface area (Å²) in [5.74, 6) is 0.222. The molecule has 0 aliphatic carbocycles. The highest BCUT2D eigenvalue weighted by Crippen LogP contribution is 2.27. The normalized spacial score (nSPS) is 19.7. The van der Waals surface area contributed by atoms with Crippen LogP contribution >= 0.6 is 12.4 Å². The van der Waals surface area contributed by atoms with Crippen molar-refractivity contribution in [2.24, 2.45) is 4.40 Å². The first-order valence-electron chi connectivity index (χ1n) is 9.03. The maximum Gasteiger partial charge on any atom is 0.285 e. The van der Waals surface area contributed by atoms with Gasteiger partial charge in [-0.05, 0) is 23.8 Å². The maximum atomic E-state index is 13.1. The van der Waals surface area contributed by atoms with E-state index in [1.165, 1.54) is 6.07 Å². The third kappa shape index (κ3) is 4.12. The van der Waals surface area contributed by atoms with Gasteiger partial charge in [0, 0.05) is 44.6 Å². The van der Waals surface area contributed by atoms with E-state index in [2.05, 4.69) is 14.7 Å². The van der Waals surface area contributed by atoms with E-state index in [0.29, 0.717) is 31.0 Å². The van der Waals surface area contributed by atoms with Gasteiger partial charge in [-0.2, -0.15) is 8.42 Å². The van der Waals surface area contributed by atoms with Crippen LogP contribution in [0.25, 0.3) is 0 Å². The fourth-order valence-electron chi connectivity index (χ4n) is 3.61. The summed E-state index contributed by atoms with van der Waals surface area (Å²) in [6.45, 7) is 1.98. The van der Waals surface area contributed by atoms with Crippen LogP contribution in [0.5, 0.6) is 0 Å². The van der Waals surface area contributed by atoms with E-state index < -0.39 is 10.0 Å². The minimum absolute atomic E-state index is 0. The van der Waals surface area contributed by atoms with Gasteiger partial charge < -0.3 is 15.1 Å². The molecule has 29 heavy (non-hydrogen) atoms. The lowest BCUT2D eigenvalue weighted by molar-refractivity contribution is -0.134. The van der Waals surface area contributed by atoms with Gasteiger partial charge in [0.15, 0.2) is 5.84 Å². The number of fused-ring (bicyclic) bond motifs is 1. The lowest BCUT2D eigenvalue weighted by atomic mass is 10.1. The van der Waals surface area contributed by atoms with Crippen LogP contribution < -0.4 is 5.32 Å². The summed E-state index contributed by atoms with van der Waals surface area (Å²) in [7, 11) is -2.02. The van der Waals surface area contributed by atoms with E-state index in [1.807, 2.05) is 17.0 Å². The Bertz CT molecular complexity index is 1030. The van der Waals surface area contributed by atoms with Gasteiger partial charge >= 0.3 is 0 Å². The molecule has 154 valence electrons. The van der Waals surface area contributed by atoms with Crippen molar-refractivity contribution >= 4 is 34.2 Å². The number of hydrogen-bond donors (Lipinski definition) is 1. The number of benzene rings is 1. The van der Waals surface area contributed by atoms with Crippen LogP contribution in [0.3, 0.4) is 0 Å². The number of nitrogens with zero attached hydrogens (tertiary/aromatic N) is 4. The van der Waals surface area contributed by atoms with E-state index >= 15 is 0 Å². The number of hydrogen-bond acceptors (Lipinski definition) is 6. The molecule has 2 aromatic rings. The Morgan fingerprint density at radius 2 is 2.07 bits per heavy atom. The van der Waals surface area contributed by atoms with Crippen molar-refractivity contribution in [2.75, 3.05) is 33.2 Å². The average molecular weight is 436 g/mol. The molecule has 1 unspecified atom stereocenters. The number of sulfonamides is 1. The smallest absolute Gasteiger partial charge is 0.285 e. The molecule has 1 saturated heterocycles. The first-order chi connectivity index (χ1) is 13.5. The van der Waals surface area contributed by atoms with Crippen LogP contribution in [0, 0.1) is 0 Å². The number of aromatic nitrogens is 1. The molecule has 8 nitrogen and oxygen atoms in total. The molecule has 1 atom stereocenters. The summed E-state index contributed by atoms with van der Waals surface area (Å²) < 4.78 is 28.4. The Morgan fingerprint density at radius 1 is 1.28 bits per heavy atom. The number of amidine groups is 1. The molecule has 1 amide bonds. The zero-order valence-electron chi connectivity index (χ0n) is 15.9. The Morgan fingerprint density at radius 3 is 2.83 bits per heavy atom. The van der Waals surface area contributed by atoms with Crippen molar-refractivity contribution in [1.82, 2.24) is 20.1 Å². The third-order valence-corrected chi connectivity index (χ3v) is 6.30. The number of carbonyl (C=O) groups excluding carboxylic acids is 1. The van der Waals surface area contributed by atoms with Crippen LogP contribution in [0.15, 0.2) is 58.1 Å². The van der Waals surface area contributed by atoms with Crippen molar-refractivity contribution in [3.05, 3.63) is 59.9 Å². The third-order valence-electron chi connectivity index (χ3n) is 4.98. The minimum Gasteiger partial charge on any atom is -0.349 e. The second-order valence-corrected chi connectivity index (χ2v) is 8.41. The Balaban J connectivity index is 0.00000240. The Labute approximate surface area is 176 Å². The summed E-state index contributed by atoms with van der Waals surface area (Å²) in [6, 6.07) is 10.4. The highest BCUT2D eigenvalue weighted by molar-refractivity contribution is 7.90. The number of rotatable bonds is 3. The van der Waals surface area contributed by atoms with Gasteiger partial charge in [0.25, 0.3) is 10.0 Å². The molecule has 4 rings (SSSR count). The largest absolute Gasteiger partial charge is 0.349 e. The van der Waals surface area contributed by atoms with Gasteiger partial charge in [-0.3, -0.25) is 9.78 Å². The fourth-order valence-corrected chi connectivity index (χ4v) is 4.86. The van der Waals surface area contributed by atoms with Crippen LogP contribution in [0.2, 0.25) is 0 Å². The fraction of sp³-hybridized carbons (Fsp3) is 0.316. The predicted molar refractivity (Wildman–Crippen MR) is 112 cm³/mol. The molecular formula is C19H22ClN5O3S. The number of likely N-dealkylation sites (N-methyl/N-ethyl adjacent to an activating group) is 1. The van der Waals surface area contributed by atoms with Gasteiger partial charge in [-0.25, -0.2) is 0 Å². The number of amides is 1. The Kier molecular flexibility index (Phi) is 6.21. The molecule has 10 heteroatoms. The zero-order chi connectivity index (χ0) is 19.7. The quantitative estimate of drug-likeness (QED) is 0.774. The van der Waals surface area contributed by atoms with Crippen molar-refractivity contribution < 1.29 is 13.2 Å². The molecule has 1 fully saturated rings. The first kappa shape index (κ1) is 21.2. The van der Waals surface area contributed by atoms with Crippen LogP contribution in [-0.4, -0.2) is 68.2 Å². The van der Waals surface area contributed by atoms with E-state index in [9.17, 15) is 13.2 Å². The lowest BCUT2D eigenvalue weighted by Gasteiger charge is -2.37. The SMILES string of the molecule is CN(CC(=O)N1CCNCC1c1cccnc1)C1=NS(=O)(=O)c2ccccc21.Cl. The summed E-state index contributed by atoms with van der Waals surface area (Å²) >= 11 is 0. The van der Waals surface area contributed by atoms with Crippen LogP contribution in [0.4, 0.5) is 0 Å². The van der Waals surface area contributed by atoms with Crippen molar-refractivity contribution in [2.45, 2.75) is 10.9 Å². The number of carbonyl (C=O) groups is 1. The number of halogens is 1. The van der Waals surface area contributed by atoms with E-state index in [1.54, 1.807) is 42.5 Å². The van der Waals surface area contributed by atoms with Crippen LogP contribution in [0.1, 0.15) is 17.2 Å². The van der Waals surface area contributed by atoms with Crippen molar-refractivity contribution in [3.8, 4) is 0 Å². The molecule has 3 heterocycles. The topological polar surface area (TPSA) is 95.0 Å². The molecule has 1 N–H and O–H groups in total. The summed E-state index contributed by atoms with van der Waals surface area (Å²) in [5.41, 5.74) is 1.50. The number of pyridine rings is 1. The van der Waals surface area contributed by atoms with Gasteiger partial charge in [-0.1, -0.05) is 18.2 Å². The summed E-state index contributed by atoms with van der Waals surface area (Å²) in [4.78, 5) is 20.8. The highest BCUT2D eigenvalue weighted by atomic mass is 35.5. The highest BCUT2D eigenvalue weighted by Gasteiger charge is 2.33. The van der Waals surface area contributed by atoms with E-state index in [0.717, 1.165) is 5.56 Å².